The van der Waals surface area contributed by atoms with Crippen LogP contribution in [0.1, 0.15) is 12.5 Å². The van der Waals surface area contributed by atoms with Crippen LogP contribution >= 0.6 is 23.2 Å². The van der Waals surface area contributed by atoms with Gasteiger partial charge in [-0.05, 0) is 19.1 Å². The molecule has 2 heteroatoms. The average molecular weight is 187 g/mol. The van der Waals surface area contributed by atoms with E-state index in [1.54, 1.807) is 0 Å². The Morgan fingerprint density at radius 1 is 1.18 bits per heavy atom. The molecule has 0 spiro atoms. The molecule has 1 aromatic carbocycles. The van der Waals surface area contributed by atoms with Gasteiger partial charge in [-0.1, -0.05) is 41.4 Å². The number of halogens is 2. The second-order valence-corrected chi connectivity index (χ2v) is 2.95. The van der Waals surface area contributed by atoms with Crippen LogP contribution in [0.25, 0.3) is 6.08 Å². The molecule has 0 radical (unpaired) electrons. The highest BCUT2D eigenvalue weighted by Crippen LogP contribution is 2.25. The molecule has 58 valence electrons. The zero-order valence-corrected chi connectivity index (χ0v) is 7.65. The van der Waals surface area contributed by atoms with E-state index in [1.165, 1.54) is 0 Å². The predicted octanol–water partition coefficient (Wildman–Crippen LogP) is 4.03. The SMILES string of the molecule is C/C=C/c1c(Cl)cccc1Cl. The Kier molecular flexibility index (Phi) is 2.98. The summed E-state index contributed by atoms with van der Waals surface area (Å²) in [6, 6.07) is 5.48. The molecule has 0 aromatic heterocycles. The number of hydrogen-bond acceptors (Lipinski definition) is 0. The topological polar surface area (TPSA) is 0 Å². The van der Waals surface area contributed by atoms with Crippen molar-refractivity contribution in [2.24, 2.45) is 0 Å². The van der Waals surface area contributed by atoms with Gasteiger partial charge in [-0.3, -0.25) is 0 Å². The van der Waals surface area contributed by atoms with Crippen LogP contribution < -0.4 is 0 Å². The molecule has 11 heavy (non-hydrogen) atoms. The van der Waals surface area contributed by atoms with Crippen LogP contribution in [-0.4, -0.2) is 0 Å². The van der Waals surface area contributed by atoms with Crippen LogP contribution in [-0.2, 0) is 0 Å². The van der Waals surface area contributed by atoms with Crippen molar-refractivity contribution in [1.29, 1.82) is 0 Å². The molecule has 0 nitrogen and oxygen atoms in total. The van der Waals surface area contributed by atoms with Crippen LogP contribution in [0.2, 0.25) is 10.0 Å². The molecule has 0 atom stereocenters. The zero-order valence-electron chi connectivity index (χ0n) is 6.14. The normalized spacial score (nSPS) is 10.8. The van der Waals surface area contributed by atoms with Crippen LogP contribution in [0, 0.1) is 0 Å². The van der Waals surface area contributed by atoms with Crippen molar-refractivity contribution in [3.63, 3.8) is 0 Å². The summed E-state index contributed by atoms with van der Waals surface area (Å²) >= 11 is 11.7. The Morgan fingerprint density at radius 3 is 2.18 bits per heavy atom. The van der Waals surface area contributed by atoms with Crippen molar-refractivity contribution < 1.29 is 0 Å². The largest absolute Gasteiger partial charge is 0.0870 e. The molecule has 1 rings (SSSR count). The first kappa shape index (κ1) is 8.63. The first-order valence-corrected chi connectivity index (χ1v) is 4.08. The standard InChI is InChI=1S/C9H8Cl2/c1-2-4-7-8(10)5-3-6-9(7)11/h2-6H,1H3/b4-2+. The van der Waals surface area contributed by atoms with Crippen molar-refractivity contribution in [2.45, 2.75) is 6.92 Å². The molecule has 0 aliphatic heterocycles. The van der Waals surface area contributed by atoms with E-state index < -0.39 is 0 Å². The molecule has 0 saturated heterocycles. The minimum absolute atomic E-state index is 0.690. The minimum Gasteiger partial charge on any atom is -0.0870 e. The van der Waals surface area contributed by atoms with E-state index in [9.17, 15) is 0 Å². The Morgan fingerprint density at radius 2 is 1.73 bits per heavy atom. The van der Waals surface area contributed by atoms with Gasteiger partial charge >= 0.3 is 0 Å². The number of hydrogen-bond donors (Lipinski definition) is 0. The van der Waals surface area contributed by atoms with Gasteiger partial charge in [0, 0.05) is 15.6 Å². The molecule has 1 aromatic rings. The van der Waals surface area contributed by atoms with E-state index in [1.807, 2.05) is 37.3 Å². The van der Waals surface area contributed by atoms with Crippen molar-refractivity contribution >= 4 is 29.3 Å². The molecule has 0 heterocycles. The molecule has 0 fully saturated rings. The summed E-state index contributed by atoms with van der Waals surface area (Å²) in [4.78, 5) is 0. The summed E-state index contributed by atoms with van der Waals surface area (Å²) in [5.41, 5.74) is 0.887. The van der Waals surface area contributed by atoms with Crippen molar-refractivity contribution in [1.82, 2.24) is 0 Å². The van der Waals surface area contributed by atoms with Crippen LogP contribution in [0.3, 0.4) is 0 Å². The van der Waals surface area contributed by atoms with E-state index >= 15 is 0 Å². The van der Waals surface area contributed by atoms with Gasteiger partial charge in [0.2, 0.25) is 0 Å². The first-order chi connectivity index (χ1) is 5.25. The van der Waals surface area contributed by atoms with E-state index in [0.717, 1.165) is 5.56 Å². The predicted molar refractivity (Wildman–Crippen MR) is 51.2 cm³/mol. The maximum absolute atomic E-state index is 5.87. The van der Waals surface area contributed by atoms with E-state index in [4.69, 9.17) is 23.2 Å². The molecule has 0 bridgehead atoms. The molecular weight excluding hydrogens is 179 g/mol. The van der Waals surface area contributed by atoms with Gasteiger partial charge in [0.15, 0.2) is 0 Å². The van der Waals surface area contributed by atoms with Crippen LogP contribution in [0.5, 0.6) is 0 Å². The highest BCUT2D eigenvalue weighted by Gasteiger charge is 1.99. The summed E-state index contributed by atoms with van der Waals surface area (Å²) in [7, 11) is 0. The summed E-state index contributed by atoms with van der Waals surface area (Å²) < 4.78 is 0. The van der Waals surface area contributed by atoms with Gasteiger partial charge in [0.25, 0.3) is 0 Å². The number of benzene rings is 1. The fourth-order valence-corrected chi connectivity index (χ4v) is 1.36. The monoisotopic (exact) mass is 186 g/mol. The van der Waals surface area contributed by atoms with E-state index in [0.29, 0.717) is 10.0 Å². The van der Waals surface area contributed by atoms with Crippen molar-refractivity contribution in [2.75, 3.05) is 0 Å². The second kappa shape index (κ2) is 3.80. The van der Waals surface area contributed by atoms with Gasteiger partial charge in [-0.15, -0.1) is 0 Å². The molecule has 0 saturated carbocycles. The van der Waals surface area contributed by atoms with Crippen molar-refractivity contribution in [3.8, 4) is 0 Å². The lowest BCUT2D eigenvalue weighted by atomic mass is 10.2. The Balaban J connectivity index is 3.20. The summed E-state index contributed by atoms with van der Waals surface area (Å²) in [5.74, 6) is 0. The highest BCUT2D eigenvalue weighted by atomic mass is 35.5. The lowest BCUT2D eigenvalue weighted by molar-refractivity contribution is 1.64. The lowest BCUT2D eigenvalue weighted by Crippen LogP contribution is -1.75. The zero-order chi connectivity index (χ0) is 8.27. The lowest BCUT2D eigenvalue weighted by Gasteiger charge is -1.99. The third kappa shape index (κ3) is 1.98. The van der Waals surface area contributed by atoms with Gasteiger partial charge in [-0.2, -0.15) is 0 Å². The van der Waals surface area contributed by atoms with Crippen molar-refractivity contribution in [3.05, 3.63) is 39.9 Å². The molecule has 0 N–H and O–H groups in total. The molecular formula is C9H8Cl2. The third-order valence-electron chi connectivity index (χ3n) is 1.33. The summed E-state index contributed by atoms with van der Waals surface area (Å²) in [6.07, 6.45) is 3.80. The maximum atomic E-state index is 5.87. The van der Waals surface area contributed by atoms with Crippen LogP contribution in [0.15, 0.2) is 24.3 Å². The van der Waals surface area contributed by atoms with Gasteiger partial charge in [0.1, 0.15) is 0 Å². The average Bonchev–Trinajstić information content (AvgIpc) is 1.97. The van der Waals surface area contributed by atoms with Gasteiger partial charge in [-0.25, -0.2) is 0 Å². The number of allylic oxidation sites excluding steroid dienone is 1. The Labute approximate surface area is 76.4 Å². The smallest absolute Gasteiger partial charge is 0.0493 e. The quantitative estimate of drug-likeness (QED) is 0.622. The third-order valence-corrected chi connectivity index (χ3v) is 1.99. The minimum atomic E-state index is 0.690. The molecule has 0 unspecified atom stereocenters. The maximum Gasteiger partial charge on any atom is 0.0493 e. The fraction of sp³-hybridized carbons (Fsp3) is 0.111. The number of rotatable bonds is 1. The summed E-state index contributed by atoms with van der Waals surface area (Å²) in [6.45, 7) is 1.93. The van der Waals surface area contributed by atoms with E-state index in [-0.39, 0.29) is 0 Å². The Hall–Kier alpha value is -0.460. The molecule has 0 aliphatic rings. The van der Waals surface area contributed by atoms with Gasteiger partial charge in [0.05, 0.1) is 0 Å². The summed E-state index contributed by atoms with van der Waals surface area (Å²) in [5, 5.41) is 1.38. The van der Waals surface area contributed by atoms with Gasteiger partial charge < -0.3 is 0 Å². The fourth-order valence-electron chi connectivity index (χ4n) is 0.837. The second-order valence-electron chi connectivity index (χ2n) is 2.14. The Bertz CT molecular complexity index is 257. The van der Waals surface area contributed by atoms with E-state index in [2.05, 4.69) is 0 Å². The highest BCUT2D eigenvalue weighted by molar-refractivity contribution is 6.37. The molecule has 0 aliphatic carbocycles. The van der Waals surface area contributed by atoms with Crippen LogP contribution in [0.4, 0.5) is 0 Å². The first-order valence-electron chi connectivity index (χ1n) is 3.32. The molecule has 0 amide bonds.